The smallest absolute Gasteiger partial charge is 0.323 e. The summed E-state index contributed by atoms with van der Waals surface area (Å²) in [7, 11) is 0. The molecule has 1 aromatic carbocycles. The summed E-state index contributed by atoms with van der Waals surface area (Å²) in [6.07, 6.45) is 3.69. The normalized spacial score (nSPS) is 26.4. The number of hydrogen-bond acceptors (Lipinski definition) is 5. The molecule has 2 saturated heterocycles. The van der Waals surface area contributed by atoms with Gasteiger partial charge in [-0.3, -0.25) is 0 Å². The first-order chi connectivity index (χ1) is 11.2. The van der Waals surface area contributed by atoms with E-state index in [2.05, 4.69) is 36.0 Å². The van der Waals surface area contributed by atoms with Crippen molar-refractivity contribution in [2.75, 3.05) is 0 Å². The Bertz CT molecular complexity index is 959. The van der Waals surface area contributed by atoms with Gasteiger partial charge < -0.3 is 19.2 Å². The number of aromatic amines is 2. The van der Waals surface area contributed by atoms with Crippen molar-refractivity contribution in [3.8, 4) is 11.5 Å². The molecular formula is C15H13BrN4O3. The molecule has 0 amide bonds. The van der Waals surface area contributed by atoms with Gasteiger partial charge in [-0.15, -0.1) is 0 Å². The fourth-order valence-electron chi connectivity index (χ4n) is 3.68. The molecule has 0 radical (unpaired) electrons. The second-order valence-electron chi connectivity index (χ2n) is 6.13. The van der Waals surface area contributed by atoms with E-state index in [4.69, 9.17) is 9.26 Å². The van der Waals surface area contributed by atoms with Crippen molar-refractivity contribution in [3.63, 3.8) is 0 Å². The van der Waals surface area contributed by atoms with E-state index < -0.39 is 0 Å². The first kappa shape index (κ1) is 13.5. The molecule has 3 aromatic rings. The number of rotatable bonds is 2. The quantitative estimate of drug-likeness (QED) is 0.716. The van der Waals surface area contributed by atoms with Crippen LogP contribution in [0.4, 0.5) is 0 Å². The molecule has 4 heterocycles. The molecule has 2 N–H and O–H groups in total. The van der Waals surface area contributed by atoms with Crippen LogP contribution in [0.5, 0.6) is 0 Å². The van der Waals surface area contributed by atoms with Crippen molar-refractivity contribution in [1.29, 1.82) is 0 Å². The van der Waals surface area contributed by atoms with E-state index in [0.717, 1.165) is 23.7 Å². The van der Waals surface area contributed by atoms with Gasteiger partial charge in [0.05, 0.1) is 34.7 Å². The molecule has 3 atom stereocenters. The van der Waals surface area contributed by atoms with Gasteiger partial charge in [0.25, 0.3) is 5.89 Å². The molecule has 0 unspecified atom stereocenters. The van der Waals surface area contributed by atoms with Gasteiger partial charge in [0.1, 0.15) is 0 Å². The Morgan fingerprint density at radius 3 is 2.96 bits per heavy atom. The second-order valence-corrected chi connectivity index (χ2v) is 7.04. The number of halogens is 1. The number of ether oxygens (including phenoxy) is 1. The number of nitrogens with one attached hydrogen (secondary N) is 2. The lowest BCUT2D eigenvalue weighted by molar-refractivity contribution is 0.0996. The molecule has 0 aliphatic carbocycles. The van der Waals surface area contributed by atoms with Crippen molar-refractivity contribution < 1.29 is 9.26 Å². The molecule has 5 rings (SSSR count). The standard InChI is InChI=1S/C15H13BrN4O3/c16-6-3-9(12-10(4-6)17-15(21)18-12)14-19-13(20-23-14)8-5-7-1-2-11(8)22-7/h3-4,7-8,11H,1-2,5H2,(H2,17,18,21)/t7-,8+,11+/m0/s1. The van der Waals surface area contributed by atoms with Gasteiger partial charge in [-0.1, -0.05) is 21.1 Å². The van der Waals surface area contributed by atoms with E-state index in [9.17, 15) is 4.79 Å². The lowest BCUT2D eigenvalue weighted by Gasteiger charge is -2.13. The predicted molar refractivity (Wildman–Crippen MR) is 85.2 cm³/mol. The lowest BCUT2D eigenvalue weighted by atomic mass is 9.89. The van der Waals surface area contributed by atoms with Crippen LogP contribution in [0.1, 0.15) is 31.0 Å². The Morgan fingerprint density at radius 2 is 2.17 bits per heavy atom. The van der Waals surface area contributed by atoms with E-state index >= 15 is 0 Å². The van der Waals surface area contributed by atoms with E-state index in [-0.39, 0.29) is 17.7 Å². The first-order valence-corrected chi connectivity index (χ1v) is 8.37. The van der Waals surface area contributed by atoms with Gasteiger partial charge >= 0.3 is 5.69 Å². The number of aromatic nitrogens is 4. The van der Waals surface area contributed by atoms with E-state index in [0.29, 0.717) is 34.4 Å². The fraction of sp³-hybridized carbons (Fsp3) is 0.400. The first-order valence-electron chi connectivity index (χ1n) is 7.58. The summed E-state index contributed by atoms with van der Waals surface area (Å²) in [6, 6.07) is 3.69. The molecule has 2 fully saturated rings. The Balaban J connectivity index is 1.59. The number of fused-ring (bicyclic) bond motifs is 3. The fourth-order valence-corrected chi connectivity index (χ4v) is 4.14. The van der Waals surface area contributed by atoms with E-state index in [1.807, 2.05) is 12.1 Å². The average molecular weight is 377 g/mol. The molecule has 23 heavy (non-hydrogen) atoms. The van der Waals surface area contributed by atoms with Crippen LogP contribution in [0.15, 0.2) is 25.9 Å². The van der Waals surface area contributed by atoms with Crippen molar-refractivity contribution in [2.24, 2.45) is 0 Å². The molecular weight excluding hydrogens is 364 g/mol. The molecule has 8 heteroatoms. The van der Waals surface area contributed by atoms with Crippen molar-refractivity contribution in [3.05, 3.63) is 32.9 Å². The minimum atomic E-state index is -0.263. The number of hydrogen-bond donors (Lipinski definition) is 2. The van der Waals surface area contributed by atoms with Gasteiger partial charge in [0.15, 0.2) is 5.82 Å². The Kier molecular flexibility index (Phi) is 2.81. The van der Waals surface area contributed by atoms with Crippen molar-refractivity contribution in [2.45, 2.75) is 37.4 Å². The molecule has 7 nitrogen and oxygen atoms in total. The summed E-state index contributed by atoms with van der Waals surface area (Å²) in [5.41, 5.74) is 1.80. The van der Waals surface area contributed by atoms with Crippen LogP contribution in [-0.4, -0.2) is 32.3 Å². The Labute approximate surface area is 138 Å². The van der Waals surface area contributed by atoms with Crippen LogP contribution in [0.25, 0.3) is 22.5 Å². The summed E-state index contributed by atoms with van der Waals surface area (Å²) in [5.74, 6) is 1.31. The van der Waals surface area contributed by atoms with E-state index in [1.54, 1.807) is 0 Å². The highest BCUT2D eigenvalue weighted by Gasteiger charge is 2.43. The minimum absolute atomic E-state index is 0.208. The van der Waals surface area contributed by atoms with Gasteiger partial charge in [-0.25, -0.2) is 4.79 Å². The van der Waals surface area contributed by atoms with Gasteiger partial charge in [-0.2, -0.15) is 4.98 Å². The van der Waals surface area contributed by atoms with Gasteiger partial charge in [-0.05, 0) is 31.4 Å². The molecule has 0 spiro atoms. The molecule has 118 valence electrons. The number of benzene rings is 1. The lowest BCUT2D eigenvalue weighted by Crippen LogP contribution is -2.15. The van der Waals surface area contributed by atoms with Crippen LogP contribution >= 0.6 is 15.9 Å². The van der Waals surface area contributed by atoms with Crippen LogP contribution in [0.2, 0.25) is 0 Å². The third kappa shape index (κ3) is 2.08. The zero-order chi connectivity index (χ0) is 15.6. The maximum Gasteiger partial charge on any atom is 0.323 e. The van der Waals surface area contributed by atoms with Crippen molar-refractivity contribution in [1.82, 2.24) is 20.1 Å². The summed E-state index contributed by atoms with van der Waals surface area (Å²) < 4.78 is 12.2. The summed E-state index contributed by atoms with van der Waals surface area (Å²) in [5, 5.41) is 4.15. The number of H-pyrrole nitrogens is 2. The van der Waals surface area contributed by atoms with Crippen LogP contribution in [-0.2, 0) is 4.74 Å². The zero-order valence-electron chi connectivity index (χ0n) is 12.0. The summed E-state index contributed by atoms with van der Waals surface area (Å²) in [4.78, 5) is 21.7. The van der Waals surface area contributed by atoms with E-state index in [1.165, 1.54) is 0 Å². The summed E-state index contributed by atoms with van der Waals surface area (Å²) in [6.45, 7) is 0. The Hall–Kier alpha value is -1.93. The maximum atomic E-state index is 11.6. The monoisotopic (exact) mass is 376 g/mol. The highest BCUT2D eigenvalue weighted by molar-refractivity contribution is 9.10. The minimum Gasteiger partial charge on any atom is -0.374 e. The number of imidazole rings is 1. The van der Waals surface area contributed by atoms with Gasteiger partial charge in [0.2, 0.25) is 0 Å². The number of nitrogens with zero attached hydrogens (tertiary/aromatic N) is 2. The molecule has 2 aliphatic rings. The van der Waals surface area contributed by atoms with Crippen LogP contribution in [0.3, 0.4) is 0 Å². The largest absolute Gasteiger partial charge is 0.374 e. The molecule has 2 aliphatic heterocycles. The van der Waals surface area contributed by atoms with Crippen LogP contribution in [0, 0.1) is 0 Å². The predicted octanol–water partition coefficient (Wildman–Crippen LogP) is 2.70. The Morgan fingerprint density at radius 1 is 1.26 bits per heavy atom. The second kappa shape index (κ2) is 4.78. The highest BCUT2D eigenvalue weighted by atomic mass is 79.9. The molecule has 0 saturated carbocycles. The average Bonchev–Trinajstić information content (AvgIpc) is 3.28. The highest BCUT2D eigenvalue weighted by Crippen LogP contribution is 2.44. The van der Waals surface area contributed by atoms with Crippen molar-refractivity contribution >= 4 is 27.0 Å². The van der Waals surface area contributed by atoms with Gasteiger partial charge in [0, 0.05) is 4.47 Å². The SMILES string of the molecule is O=c1[nH]c2cc(Br)cc(-c3nc([C@@H]4C[C@@H]5CC[C@H]4O5)no3)c2[nH]1. The third-order valence-corrected chi connectivity index (χ3v) is 5.16. The van der Waals surface area contributed by atoms with Crippen LogP contribution < -0.4 is 5.69 Å². The topological polar surface area (TPSA) is 96.8 Å². The third-order valence-electron chi connectivity index (χ3n) is 4.70. The zero-order valence-corrected chi connectivity index (χ0v) is 13.6. The maximum absolute atomic E-state index is 11.6. The molecule has 2 bridgehead atoms. The molecule has 2 aromatic heterocycles. The summed E-state index contributed by atoms with van der Waals surface area (Å²) >= 11 is 3.44.